The first-order valence-electron chi connectivity index (χ1n) is 4.76. The summed E-state index contributed by atoms with van der Waals surface area (Å²) < 4.78 is 0. The van der Waals surface area contributed by atoms with Gasteiger partial charge in [-0.1, -0.05) is 12.1 Å². The summed E-state index contributed by atoms with van der Waals surface area (Å²) in [4.78, 5) is 14.6. The number of hydrogen-bond acceptors (Lipinski definition) is 4. The van der Waals surface area contributed by atoms with E-state index < -0.39 is 0 Å². The largest absolute Gasteiger partial charge is 0.298 e. The zero-order chi connectivity index (χ0) is 11.2. The topological polar surface area (TPSA) is 54.7 Å². The van der Waals surface area contributed by atoms with Gasteiger partial charge in [-0.05, 0) is 24.3 Å². The lowest BCUT2D eigenvalue weighted by atomic mass is 10.2. The van der Waals surface area contributed by atoms with Crippen molar-refractivity contribution in [2.45, 2.75) is 0 Å². The van der Waals surface area contributed by atoms with Gasteiger partial charge in [-0.15, -0.1) is 10.2 Å². The fraction of sp³-hybridized carbons (Fsp3) is 0. The van der Waals surface area contributed by atoms with E-state index in [1.165, 1.54) is 0 Å². The fourth-order valence-corrected chi connectivity index (χ4v) is 1.20. The highest BCUT2D eigenvalue weighted by Gasteiger charge is 1.97. The minimum absolute atomic E-state index is 0.523. The standard InChI is InChI=1S/C12H9N3O/c16-9-10-4-1-2-6-12(10)15-14-11-5-3-7-13-8-11/h1-9H/b15-14+. The van der Waals surface area contributed by atoms with E-state index in [1.54, 1.807) is 42.7 Å². The average molecular weight is 211 g/mol. The van der Waals surface area contributed by atoms with E-state index >= 15 is 0 Å². The summed E-state index contributed by atoms with van der Waals surface area (Å²) >= 11 is 0. The summed E-state index contributed by atoms with van der Waals surface area (Å²) in [6.45, 7) is 0. The van der Waals surface area contributed by atoms with Crippen LogP contribution in [-0.4, -0.2) is 11.3 Å². The number of aldehydes is 1. The second-order valence-corrected chi connectivity index (χ2v) is 3.09. The van der Waals surface area contributed by atoms with Gasteiger partial charge in [-0.25, -0.2) is 0 Å². The van der Waals surface area contributed by atoms with E-state index in [9.17, 15) is 4.79 Å². The van der Waals surface area contributed by atoms with E-state index in [1.807, 2.05) is 6.07 Å². The van der Waals surface area contributed by atoms with Crippen LogP contribution in [-0.2, 0) is 0 Å². The quantitative estimate of drug-likeness (QED) is 0.577. The Morgan fingerprint density at radius 3 is 2.69 bits per heavy atom. The Balaban J connectivity index is 2.27. The monoisotopic (exact) mass is 211 g/mol. The first-order chi connectivity index (χ1) is 7.90. The van der Waals surface area contributed by atoms with Crippen molar-refractivity contribution in [1.29, 1.82) is 0 Å². The zero-order valence-corrected chi connectivity index (χ0v) is 8.45. The molecule has 0 amide bonds. The molecule has 0 aliphatic rings. The lowest BCUT2D eigenvalue weighted by Gasteiger charge is -1.95. The number of benzene rings is 1. The van der Waals surface area contributed by atoms with Crippen LogP contribution in [0.4, 0.5) is 11.4 Å². The van der Waals surface area contributed by atoms with E-state index in [4.69, 9.17) is 0 Å². The lowest BCUT2D eigenvalue weighted by molar-refractivity contribution is 0.112. The highest BCUT2D eigenvalue weighted by Crippen LogP contribution is 2.19. The summed E-state index contributed by atoms with van der Waals surface area (Å²) in [7, 11) is 0. The smallest absolute Gasteiger partial charge is 0.152 e. The zero-order valence-electron chi connectivity index (χ0n) is 8.45. The average Bonchev–Trinajstić information content (AvgIpc) is 2.38. The van der Waals surface area contributed by atoms with Crippen LogP contribution in [0.25, 0.3) is 0 Å². The molecule has 0 N–H and O–H groups in total. The van der Waals surface area contributed by atoms with Gasteiger partial charge in [0.25, 0.3) is 0 Å². The summed E-state index contributed by atoms with van der Waals surface area (Å²) in [5, 5.41) is 7.99. The molecule has 1 heterocycles. The lowest BCUT2D eigenvalue weighted by Crippen LogP contribution is -1.78. The van der Waals surface area contributed by atoms with Crippen LogP contribution in [0.3, 0.4) is 0 Å². The maximum absolute atomic E-state index is 10.7. The number of carbonyl (C=O) groups is 1. The first-order valence-corrected chi connectivity index (χ1v) is 4.76. The van der Waals surface area contributed by atoms with Crippen LogP contribution >= 0.6 is 0 Å². The van der Waals surface area contributed by atoms with Crippen molar-refractivity contribution in [3.63, 3.8) is 0 Å². The van der Waals surface area contributed by atoms with Crippen molar-refractivity contribution in [3.8, 4) is 0 Å². The van der Waals surface area contributed by atoms with Crippen LogP contribution in [0, 0.1) is 0 Å². The van der Waals surface area contributed by atoms with Gasteiger partial charge in [0.15, 0.2) is 6.29 Å². The van der Waals surface area contributed by atoms with E-state index in [-0.39, 0.29) is 0 Å². The molecule has 4 heteroatoms. The highest BCUT2D eigenvalue weighted by molar-refractivity contribution is 5.82. The molecule has 4 nitrogen and oxygen atoms in total. The molecule has 78 valence electrons. The molecule has 0 bridgehead atoms. The number of carbonyl (C=O) groups excluding carboxylic acids is 1. The van der Waals surface area contributed by atoms with Gasteiger partial charge in [-0.2, -0.15) is 0 Å². The number of nitrogens with zero attached hydrogens (tertiary/aromatic N) is 3. The summed E-state index contributed by atoms with van der Waals surface area (Å²) in [5.41, 5.74) is 1.74. The molecule has 1 aromatic carbocycles. The molecule has 16 heavy (non-hydrogen) atoms. The second-order valence-electron chi connectivity index (χ2n) is 3.09. The number of hydrogen-bond donors (Lipinski definition) is 0. The molecule has 2 aromatic rings. The number of aromatic nitrogens is 1. The molecule has 0 atom stereocenters. The summed E-state index contributed by atoms with van der Waals surface area (Å²) in [5.74, 6) is 0. The maximum Gasteiger partial charge on any atom is 0.152 e. The van der Waals surface area contributed by atoms with Crippen LogP contribution in [0.5, 0.6) is 0 Å². The Morgan fingerprint density at radius 2 is 1.94 bits per heavy atom. The number of pyridine rings is 1. The Morgan fingerprint density at radius 1 is 1.06 bits per heavy atom. The molecule has 2 rings (SSSR count). The predicted molar refractivity (Wildman–Crippen MR) is 60.2 cm³/mol. The third-order valence-electron chi connectivity index (χ3n) is 1.98. The van der Waals surface area contributed by atoms with Crippen LogP contribution < -0.4 is 0 Å². The normalized spacial score (nSPS) is 10.5. The molecule has 0 spiro atoms. The van der Waals surface area contributed by atoms with Crippen molar-refractivity contribution in [1.82, 2.24) is 4.98 Å². The van der Waals surface area contributed by atoms with Crippen LogP contribution in [0.2, 0.25) is 0 Å². The third kappa shape index (κ3) is 2.36. The summed E-state index contributed by atoms with van der Waals surface area (Å²) in [6.07, 6.45) is 4.03. The highest BCUT2D eigenvalue weighted by atomic mass is 16.1. The van der Waals surface area contributed by atoms with Crippen molar-refractivity contribution in [2.24, 2.45) is 10.2 Å². The van der Waals surface area contributed by atoms with Gasteiger partial charge < -0.3 is 0 Å². The maximum atomic E-state index is 10.7. The Bertz CT molecular complexity index is 509. The molecule has 0 fully saturated rings. The second kappa shape index (κ2) is 4.93. The number of azo groups is 1. The molecule has 0 aliphatic heterocycles. The van der Waals surface area contributed by atoms with Crippen molar-refractivity contribution in [3.05, 3.63) is 54.4 Å². The van der Waals surface area contributed by atoms with Crippen molar-refractivity contribution < 1.29 is 4.79 Å². The fourth-order valence-electron chi connectivity index (χ4n) is 1.20. The molecule has 0 radical (unpaired) electrons. The molecular weight excluding hydrogens is 202 g/mol. The van der Waals surface area contributed by atoms with Gasteiger partial charge >= 0.3 is 0 Å². The van der Waals surface area contributed by atoms with E-state index in [2.05, 4.69) is 15.2 Å². The van der Waals surface area contributed by atoms with Gasteiger partial charge in [0.1, 0.15) is 5.69 Å². The van der Waals surface area contributed by atoms with E-state index in [0.717, 1.165) is 6.29 Å². The van der Waals surface area contributed by atoms with Crippen molar-refractivity contribution >= 4 is 17.7 Å². The molecule has 0 unspecified atom stereocenters. The molecular formula is C12H9N3O. The Hall–Kier alpha value is -2.36. The minimum atomic E-state index is 0.523. The minimum Gasteiger partial charge on any atom is -0.298 e. The molecule has 1 aromatic heterocycles. The molecule has 0 aliphatic carbocycles. The van der Waals surface area contributed by atoms with Crippen LogP contribution in [0.1, 0.15) is 10.4 Å². The van der Waals surface area contributed by atoms with Crippen molar-refractivity contribution in [2.75, 3.05) is 0 Å². The third-order valence-corrected chi connectivity index (χ3v) is 1.98. The van der Waals surface area contributed by atoms with Gasteiger partial charge in [0.05, 0.1) is 11.9 Å². The van der Waals surface area contributed by atoms with E-state index in [0.29, 0.717) is 16.9 Å². The Labute approximate surface area is 92.7 Å². The predicted octanol–water partition coefficient (Wildman–Crippen LogP) is 3.31. The molecule has 0 saturated carbocycles. The molecule has 0 saturated heterocycles. The summed E-state index contributed by atoms with van der Waals surface area (Å²) in [6, 6.07) is 10.6. The van der Waals surface area contributed by atoms with Crippen LogP contribution in [0.15, 0.2) is 59.0 Å². The van der Waals surface area contributed by atoms with Gasteiger partial charge in [0, 0.05) is 11.8 Å². The number of rotatable bonds is 3. The first kappa shape index (κ1) is 10.2. The van der Waals surface area contributed by atoms with Gasteiger partial charge in [0.2, 0.25) is 0 Å². The van der Waals surface area contributed by atoms with Gasteiger partial charge in [-0.3, -0.25) is 9.78 Å². The SMILES string of the molecule is O=Cc1ccccc1/N=N/c1cccnc1. The Kier molecular flexibility index (Phi) is 3.13.